The average Bonchev–Trinajstić information content (AvgIpc) is 2.91. The summed E-state index contributed by atoms with van der Waals surface area (Å²) >= 11 is 1.26. The topological polar surface area (TPSA) is 36.1 Å². The summed E-state index contributed by atoms with van der Waals surface area (Å²) in [5.41, 5.74) is 1.70. The van der Waals surface area contributed by atoms with E-state index in [1.54, 1.807) is 12.1 Å². The Labute approximate surface area is 141 Å². The molecule has 0 aliphatic carbocycles. The fraction of sp³-hybridized carbons (Fsp3) is 0.500. The Morgan fingerprint density at radius 2 is 1.70 bits per heavy atom. The molecule has 2 rings (SSSR count). The second-order valence-electron chi connectivity index (χ2n) is 5.80. The first-order valence-electron chi connectivity index (χ1n) is 8.34. The third-order valence-corrected chi connectivity index (χ3v) is 4.74. The van der Waals surface area contributed by atoms with E-state index in [4.69, 9.17) is 0 Å². The van der Waals surface area contributed by atoms with Gasteiger partial charge in [0.2, 0.25) is 0 Å². The zero-order valence-corrected chi connectivity index (χ0v) is 14.7. The maximum atomic E-state index is 13.1. The molecule has 2 aromatic rings. The number of hydrogen-bond acceptors (Lipinski definition) is 3. The molecule has 1 aromatic carbocycles. The molecule has 0 radical (unpaired) electrons. The highest BCUT2D eigenvalue weighted by Crippen LogP contribution is 2.25. The van der Waals surface area contributed by atoms with E-state index >= 15 is 0 Å². The number of aromatic nitrogens is 1. The van der Waals surface area contributed by atoms with Crippen LogP contribution >= 0.6 is 11.3 Å². The van der Waals surface area contributed by atoms with Gasteiger partial charge in [-0.25, -0.2) is 4.39 Å². The highest BCUT2D eigenvalue weighted by molar-refractivity contribution is 7.09. The lowest BCUT2D eigenvalue weighted by molar-refractivity contribution is 0.259. The van der Waals surface area contributed by atoms with Crippen molar-refractivity contribution in [3.05, 3.63) is 44.6 Å². The van der Waals surface area contributed by atoms with Gasteiger partial charge in [-0.1, -0.05) is 38.0 Å². The number of H-pyrrole nitrogens is 1. The van der Waals surface area contributed by atoms with Crippen molar-refractivity contribution >= 4 is 11.3 Å². The molecule has 0 spiro atoms. The highest BCUT2D eigenvalue weighted by Gasteiger charge is 2.14. The minimum atomic E-state index is -0.264. The lowest BCUT2D eigenvalue weighted by atomic mass is 10.1. The molecule has 0 unspecified atom stereocenters. The second-order valence-corrected chi connectivity index (χ2v) is 6.87. The molecule has 0 fully saturated rings. The largest absolute Gasteiger partial charge is 0.312 e. The van der Waals surface area contributed by atoms with E-state index in [0.717, 1.165) is 61.5 Å². The smallest absolute Gasteiger partial charge is 0.305 e. The summed E-state index contributed by atoms with van der Waals surface area (Å²) in [6.07, 6.45) is 4.65. The molecular formula is C18H25FN2OS. The van der Waals surface area contributed by atoms with Crippen LogP contribution in [0, 0.1) is 5.82 Å². The van der Waals surface area contributed by atoms with E-state index in [1.165, 1.54) is 23.5 Å². The zero-order chi connectivity index (χ0) is 16.7. The molecule has 0 atom stereocenters. The Morgan fingerprint density at radius 3 is 2.26 bits per heavy atom. The van der Waals surface area contributed by atoms with Gasteiger partial charge in [-0.05, 0) is 55.8 Å². The van der Waals surface area contributed by atoms with Crippen LogP contribution in [0.4, 0.5) is 4.39 Å². The second kappa shape index (κ2) is 8.99. The van der Waals surface area contributed by atoms with E-state index in [9.17, 15) is 9.18 Å². The summed E-state index contributed by atoms with van der Waals surface area (Å²) in [6.45, 7) is 7.25. The number of thiazole rings is 1. The Bertz CT molecular complexity index is 640. The molecule has 5 heteroatoms. The Balaban J connectivity index is 2.20. The van der Waals surface area contributed by atoms with Crippen LogP contribution in [0.2, 0.25) is 0 Å². The predicted molar refractivity (Wildman–Crippen MR) is 95.4 cm³/mol. The fourth-order valence-corrected chi connectivity index (χ4v) is 3.45. The number of aromatic amines is 1. The summed E-state index contributed by atoms with van der Waals surface area (Å²) in [6, 6.07) is 6.31. The maximum Gasteiger partial charge on any atom is 0.305 e. The normalized spacial score (nSPS) is 11.3. The van der Waals surface area contributed by atoms with E-state index < -0.39 is 0 Å². The molecule has 126 valence electrons. The van der Waals surface area contributed by atoms with Crippen LogP contribution in [0.5, 0.6) is 0 Å². The summed E-state index contributed by atoms with van der Waals surface area (Å²) in [4.78, 5) is 18.1. The van der Waals surface area contributed by atoms with Gasteiger partial charge in [0.1, 0.15) is 5.82 Å². The lowest BCUT2D eigenvalue weighted by Crippen LogP contribution is -2.25. The first-order valence-corrected chi connectivity index (χ1v) is 9.16. The van der Waals surface area contributed by atoms with Crippen LogP contribution < -0.4 is 4.87 Å². The van der Waals surface area contributed by atoms with Gasteiger partial charge in [0, 0.05) is 11.4 Å². The van der Waals surface area contributed by atoms with E-state index in [1.807, 2.05) is 0 Å². The molecule has 1 heterocycles. The molecule has 1 aromatic heterocycles. The SMILES string of the molecule is CCCCN(CCCC)Cc1sc(=O)[nH]c1-c1ccc(F)cc1. The molecule has 0 aliphatic heterocycles. The molecule has 0 bridgehead atoms. The molecule has 0 amide bonds. The first kappa shape index (κ1) is 17.9. The molecule has 3 nitrogen and oxygen atoms in total. The Morgan fingerprint density at radius 1 is 1.09 bits per heavy atom. The van der Waals surface area contributed by atoms with Crippen molar-refractivity contribution in [1.29, 1.82) is 0 Å². The number of halogens is 1. The molecule has 1 N–H and O–H groups in total. The van der Waals surface area contributed by atoms with Crippen LogP contribution in [0.1, 0.15) is 44.4 Å². The Kier molecular flexibility index (Phi) is 6.99. The molecule has 0 saturated carbocycles. The highest BCUT2D eigenvalue weighted by atomic mass is 32.1. The number of hydrogen-bond donors (Lipinski definition) is 1. The summed E-state index contributed by atoms with van der Waals surface area (Å²) in [5, 5.41) is 0. The van der Waals surface area contributed by atoms with Gasteiger partial charge >= 0.3 is 4.87 Å². The molecular weight excluding hydrogens is 311 g/mol. The van der Waals surface area contributed by atoms with Gasteiger partial charge in [0.05, 0.1) is 5.69 Å². The molecule has 0 aliphatic rings. The van der Waals surface area contributed by atoms with Crippen molar-refractivity contribution in [3.8, 4) is 11.3 Å². The number of rotatable bonds is 9. The van der Waals surface area contributed by atoms with Gasteiger partial charge < -0.3 is 4.98 Å². The fourth-order valence-electron chi connectivity index (χ4n) is 2.56. The number of benzene rings is 1. The van der Waals surface area contributed by atoms with Crippen molar-refractivity contribution in [3.63, 3.8) is 0 Å². The molecule has 23 heavy (non-hydrogen) atoms. The number of nitrogens with zero attached hydrogens (tertiary/aromatic N) is 1. The Hall–Kier alpha value is -1.46. The quantitative estimate of drug-likeness (QED) is 0.724. The van der Waals surface area contributed by atoms with Crippen LogP contribution in [0.15, 0.2) is 29.1 Å². The van der Waals surface area contributed by atoms with Crippen molar-refractivity contribution in [2.75, 3.05) is 13.1 Å². The van der Waals surface area contributed by atoms with E-state index in [0.29, 0.717) is 0 Å². The first-order chi connectivity index (χ1) is 11.1. The van der Waals surface area contributed by atoms with Crippen molar-refractivity contribution in [1.82, 2.24) is 9.88 Å². The standard InChI is InChI=1S/C18H25FN2OS/c1-3-5-11-21(12-6-4-2)13-16-17(20-18(22)23-16)14-7-9-15(19)10-8-14/h7-10H,3-6,11-13H2,1-2H3,(H,20,22). The van der Waals surface area contributed by atoms with Gasteiger partial charge in [-0.2, -0.15) is 0 Å². The molecule has 0 saturated heterocycles. The van der Waals surface area contributed by atoms with Gasteiger partial charge in [-0.3, -0.25) is 9.69 Å². The third-order valence-electron chi connectivity index (χ3n) is 3.88. The predicted octanol–water partition coefficient (Wildman–Crippen LogP) is 4.64. The monoisotopic (exact) mass is 336 g/mol. The maximum absolute atomic E-state index is 13.1. The van der Waals surface area contributed by atoms with Crippen LogP contribution in [-0.4, -0.2) is 23.0 Å². The summed E-state index contributed by atoms with van der Waals surface area (Å²) < 4.78 is 13.1. The zero-order valence-electron chi connectivity index (χ0n) is 13.9. The average molecular weight is 336 g/mol. The number of unbranched alkanes of at least 4 members (excludes halogenated alkanes) is 2. The number of nitrogens with one attached hydrogen (secondary N) is 1. The summed E-state index contributed by atoms with van der Waals surface area (Å²) in [5.74, 6) is -0.264. The van der Waals surface area contributed by atoms with Gasteiger partial charge in [0.15, 0.2) is 0 Å². The van der Waals surface area contributed by atoms with Crippen molar-refractivity contribution in [2.45, 2.75) is 46.1 Å². The van der Waals surface area contributed by atoms with E-state index in [-0.39, 0.29) is 10.7 Å². The van der Waals surface area contributed by atoms with Crippen LogP contribution in [0.3, 0.4) is 0 Å². The van der Waals surface area contributed by atoms with Gasteiger partial charge in [0.25, 0.3) is 0 Å². The minimum Gasteiger partial charge on any atom is -0.312 e. The van der Waals surface area contributed by atoms with Crippen molar-refractivity contribution in [2.24, 2.45) is 0 Å². The minimum absolute atomic E-state index is 0.0507. The van der Waals surface area contributed by atoms with Crippen molar-refractivity contribution < 1.29 is 4.39 Å². The van der Waals surface area contributed by atoms with Gasteiger partial charge in [-0.15, -0.1) is 0 Å². The summed E-state index contributed by atoms with van der Waals surface area (Å²) in [7, 11) is 0. The van der Waals surface area contributed by atoms with Crippen LogP contribution in [-0.2, 0) is 6.54 Å². The van der Waals surface area contributed by atoms with Crippen LogP contribution in [0.25, 0.3) is 11.3 Å². The third kappa shape index (κ3) is 5.29. The van der Waals surface area contributed by atoms with E-state index in [2.05, 4.69) is 23.7 Å². The lowest BCUT2D eigenvalue weighted by Gasteiger charge is -2.21.